The summed E-state index contributed by atoms with van der Waals surface area (Å²) in [7, 11) is -1.70. The van der Waals surface area contributed by atoms with E-state index in [0.29, 0.717) is 23.8 Å². The number of rotatable bonds is 6. The molecule has 1 amide bonds. The first-order chi connectivity index (χ1) is 13.5. The topological polar surface area (TPSA) is 105 Å². The minimum Gasteiger partial charge on any atom is -0.370 e. The van der Waals surface area contributed by atoms with Gasteiger partial charge in [0.2, 0.25) is 5.91 Å². The van der Waals surface area contributed by atoms with Crippen LogP contribution in [0.3, 0.4) is 0 Å². The largest absolute Gasteiger partial charge is 0.370 e. The number of likely N-dealkylation sites (tertiary alicyclic amines) is 1. The van der Waals surface area contributed by atoms with Gasteiger partial charge >= 0.3 is 0 Å². The lowest BCUT2D eigenvalue weighted by molar-refractivity contribution is -0.119. The van der Waals surface area contributed by atoms with Gasteiger partial charge in [-0.15, -0.1) is 0 Å². The number of aliphatic imine (C=N–C) groups is 1. The number of piperidine rings is 1. The second kappa shape index (κ2) is 9.61. The average Bonchev–Trinajstić information content (AvgIpc) is 2.64. The van der Waals surface area contributed by atoms with Crippen molar-refractivity contribution in [3.63, 3.8) is 0 Å². The molecular formula is C21H34N4O3S. The molecule has 0 aromatic heterocycles. The summed E-state index contributed by atoms with van der Waals surface area (Å²) in [6.45, 7) is 8.09. The summed E-state index contributed by atoms with van der Waals surface area (Å²) in [4.78, 5) is 17.9. The van der Waals surface area contributed by atoms with Crippen molar-refractivity contribution < 1.29 is 13.2 Å². The number of hydrogen-bond acceptors (Lipinski definition) is 4. The molecule has 1 fully saturated rings. The van der Waals surface area contributed by atoms with Gasteiger partial charge in [-0.3, -0.25) is 9.79 Å². The number of carbonyl (C=O) groups is 1. The van der Waals surface area contributed by atoms with Crippen molar-refractivity contribution in [2.45, 2.75) is 50.3 Å². The van der Waals surface area contributed by atoms with Gasteiger partial charge < -0.3 is 16.0 Å². The van der Waals surface area contributed by atoms with Crippen LogP contribution in [0.2, 0.25) is 0 Å². The number of carbonyl (C=O) groups excluding carboxylic acids is 1. The number of sulfone groups is 1. The maximum Gasteiger partial charge on any atom is 0.217 e. The molecule has 0 spiro atoms. The number of primary amides is 1. The molecule has 0 aliphatic carbocycles. The standard InChI is InChI=1S/C21H34N4O3S/c1-21(2,3)17-7-9-18(10-8-17)29(27,28)13-11-24-20(23-4)25-12-5-6-16(15-25)14-19(22)26/h7-10,16H,5-6,11-15H2,1-4H3,(H2,22,26)(H,23,24). The molecule has 1 aliphatic heterocycles. The second-order valence-electron chi connectivity index (χ2n) is 8.69. The Morgan fingerprint density at radius 2 is 1.93 bits per heavy atom. The van der Waals surface area contributed by atoms with Gasteiger partial charge in [0, 0.05) is 33.1 Å². The molecule has 1 heterocycles. The molecule has 29 heavy (non-hydrogen) atoms. The van der Waals surface area contributed by atoms with Crippen molar-refractivity contribution in [2.75, 3.05) is 32.4 Å². The van der Waals surface area contributed by atoms with Crippen LogP contribution in [-0.2, 0) is 20.0 Å². The summed E-state index contributed by atoms with van der Waals surface area (Å²) >= 11 is 0. The predicted molar refractivity (Wildman–Crippen MR) is 117 cm³/mol. The van der Waals surface area contributed by atoms with Crippen LogP contribution in [0.15, 0.2) is 34.2 Å². The lowest BCUT2D eigenvalue weighted by atomic mass is 9.87. The maximum atomic E-state index is 12.7. The summed E-state index contributed by atoms with van der Waals surface area (Å²) in [6.07, 6.45) is 2.29. The van der Waals surface area contributed by atoms with Gasteiger partial charge in [-0.2, -0.15) is 0 Å². The first-order valence-electron chi connectivity index (χ1n) is 10.1. The van der Waals surface area contributed by atoms with E-state index in [4.69, 9.17) is 5.73 Å². The average molecular weight is 423 g/mol. The monoisotopic (exact) mass is 422 g/mol. The minimum atomic E-state index is -3.38. The van der Waals surface area contributed by atoms with Crippen LogP contribution in [-0.4, -0.2) is 57.6 Å². The van der Waals surface area contributed by atoms with Crippen LogP contribution >= 0.6 is 0 Å². The SMILES string of the molecule is CN=C(NCCS(=O)(=O)c1ccc(C(C)(C)C)cc1)N1CCCC(CC(N)=O)C1. The Morgan fingerprint density at radius 1 is 1.28 bits per heavy atom. The van der Waals surface area contributed by atoms with E-state index < -0.39 is 9.84 Å². The van der Waals surface area contributed by atoms with E-state index in [9.17, 15) is 13.2 Å². The number of nitrogens with two attached hydrogens (primary N) is 1. The molecule has 162 valence electrons. The van der Waals surface area contributed by atoms with Crippen molar-refractivity contribution in [2.24, 2.45) is 16.6 Å². The molecular weight excluding hydrogens is 388 g/mol. The molecule has 8 heteroatoms. The number of guanidine groups is 1. The highest BCUT2D eigenvalue weighted by atomic mass is 32.2. The smallest absolute Gasteiger partial charge is 0.217 e. The van der Waals surface area contributed by atoms with Gasteiger partial charge in [-0.25, -0.2) is 8.42 Å². The summed E-state index contributed by atoms with van der Waals surface area (Å²) in [5.74, 6) is 0.574. The number of benzene rings is 1. The minimum absolute atomic E-state index is 0.0144. The number of amides is 1. The van der Waals surface area contributed by atoms with Crippen molar-refractivity contribution >= 4 is 21.7 Å². The fourth-order valence-corrected chi connectivity index (χ4v) is 4.78. The molecule has 1 saturated heterocycles. The van der Waals surface area contributed by atoms with Crippen LogP contribution in [0.5, 0.6) is 0 Å². The molecule has 7 nitrogen and oxygen atoms in total. The van der Waals surface area contributed by atoms with Gasteiger partial charge in [0.15, 0.2) is 15.8 Å². The summed E-state index contributed by atoms with van der Waals surface area (Å²) < 4.78 is 25.3. The zero-order chi connectivity index (χ0) is 21.7. The van der Waals surface area contributed by atoms with Crippen molar-refractivity contribution in [3.8, 4) is 0 Å². The Balaban J connectivity index is 1.93. The first kappa shape index (κ1) is 23.2. The fraction of sp³-hybridized carbons (Fsp3) is 0.619. The van der Waals surface area contributed by atoms with E-state index in [1.807, 2.05) is 12.1 Å². The quantitative estimate of drug-likeness (QED) is 0.538. The normalized spacial score (nSPS) is 18.6. The molecule has 1 aromatic carbocycles. The van der Waals surface area contributed by atoms with Crippen molar-refractivity contribution in [1.29, 1.82) is 0 Å². The molecule has 0 bridgehead atoms. The van der Waals surface area contributed by atoms with Crippen molar-refractivity contribution in [1.82, 2.24) is 10.2 Å². The molecule has 0 radical (unpaired) electrons. The molecule has 0 saturated carbocycles. The zero-order valence-corrected chi connectivity index (χ0v) is 18.8. The van der Waals surface area contributed by atoms with E-state index in [0.717, 1.165) is 24.9 Å². The third-order valence-electron chi connectivity index (χ3n) is 5.25. The Bertz CT molecular complexity index is 826. The molecule has 1 aromatic rings. The van der Waals surface area contributed by atoms with E-state index >= 15 is 0 Å². The number of hydrogen-bond donors (Lipinski definition) is 2. The predicted octanol–water partition coefficient (Wildman–Crippen LogP) is 1.92. The lowest BCUT2D eigenvalue weighted by Gasteiger charge is -2.34. The Hall–Kier alpha value is -2.09. The van der Waals surface area contributed by atoms with E-state index in [2.05, 4.69) is 36.0 Å². The zero-order valence-electron chi connectivity index (χ0n) is 17.9. The third-order valence-corrected chi connectivity index (χ3v) is 6.99. The third kappa shape index (κ3) is 6.73. The summed E-state index contributed by atoms with van der Waals surface area (Å²) in [5, 5.41) is 3.16. The van der Waals surface area contributed by atoms with Gasteiger partial charge in [0.1, 0.15) is 0 Å². The number of nitrogens with one attached hydrogen (secondary N) is 1. The first-order valence-corrected chi connectivity index (χ1v) is 11.8. The van der Waals surface area contributed by atoms with Gasteiger partial charge in [0.05, 0.1) is 10.6 Å². The van der Waals surface area contributed by atoms with Gasteiger partial charge in [-0.1, -0.05) is 32.9 Å². The van der Waals surface area contributed by atoms with Gasteiger partial charge in [0.25, 0.3) is 0 Å². The van der Waals surface area contributed by atoms with Crippen LogP contribution < -0.4 is 11.1 Å². The molecule has 1 unspecified atom stereocenters. The molecule has 3 N–H and O–H groups in total. The van der Waals surface area contributed by atoms with Crippen molar-refractivity contribution in [3.05, 3.63) is 29.8 Å². The van der Waals surface area contributed by atoms with Crippen LogP contribution in [0.25, 0.3) is 0 Å². The highest BCUT2D eigenvalue weighted by Gasteiger charge is 2.24. The van der Waals surface area contributed by atoms with E-state index in [-0.39, 0.29) is 29.5 Å². The van der Waals surface area contributed by atoms with Crippen LogP contribution in [0.4, 0.5) is 0 Å². The molecule has 1 atom stereocenters. The highest BCUT2D eigenvalue weighted by Crippen LogP contribution is 2.24. The Labute approximate surface area is 174 Å². The highest BCUT2D eigenvalue weighted by molar-refractivity contribution is 7.91. The van der Waals surface area contributed by atoms with Crippen LogP contribution in [0.1, 0.15) is 45.6 Å². The second-order valence-corrected chi connectivity index (χ2v) is 10.8. The van der Waals surface area contributed by atoms with E-state index in [1.165, 1.54) is 0 Å². The molecule has 1 aliphatic rings. The van der Waals surface area contributed by atoms with Gasteiger partial charge in [-0.05, 0) is 41.9 Å². The summed E-state index contributed by atoms with van der Waals surface area (Å²) in [6, 6.07) is 7.13. The number of nitrogens with zero attached hydrogens (tertiary/aromatic N) is 2. The maximum absolute atomic E-state index is 12.7. The molecule has 2 rings (SSSR count). The summed E-state index contributed by atoms with van der Waals surface area (Å²) in [5.41, 5.74) is 6.41. The Kier molecular flexibility index (Phi) is 7.68. The van der Waals surface area contributed by atoms with E-state index in [1.54, 1.807) is 19.2 Å². The Morgan fingerprint density at radius 3 is 2.48 bits per heavy atom. The fourth-order valence-electron chi connectivity index (χ4n) is 3.62. The van der Waals surface area contributed by atoms with Crippen LogP contribution in [0, 0.1) is 5.92 Å². The lowest BCUT2D eigenvalue weighted by Crippen LogP contribution is -2.48.